The van der Waals surface area contributed by atoms with E-state index < -0.39 is 16.1 Å². The number of benzene rings is 3. The maximum Gasteiger partial charge on any atom is 0.241 e. The van der Waals surface area contributed by atoms with Crippen molar-refractivity contribution in [2.45, 2.75) is 17.9 Å². The zero-order valence-electron chi connectivity index (χ0n) is 15.4. The molecule has 4 rings (SSSR count). The van der Waals surface area contributed by atoms with Crippen molar-refractivity contribution in [1.29, 1.82) is 0 Å². The molecule has 0 amide bonds. The number of rotatable bonds is 5. The zero-order valence-corrected chi connectivity index (χ0v) is 17.0. The summed E-state index contributed by atoms with van der Waals surface area (Å²) in [5.74, 6) is 0.731. The minimum Gasteiger partial charge on any atom is -0.507 e. The number of sulfonamides is 1. The Labute approximate surface area is 173 Å². The molecule has 0 saturated heterocycles. The van der Waals surface area contributed by atoms with Gasteiger partial charge >= 0.3 is 0 Å². The summed E-state index contributed by atoms with van der Waals surface area (Å²) >= 11 is 5.99. The lowest BCUT2D eigenvalue weighted by Gasteiger charge is -2.21. The molecular formula is C21H18ClNO5S. The van der Waals surface area contributed by atoms with Gasteiger partial charge in [0.2, 0.25) is 16.8 Å². The van der Waals surface area contributed by atoms with Crippen molar-refractivity contribution in [3.63, 3.8) is 0 Å². The Hall–Kier alpha value is -2.74. The second-order valence-corrected chi connectivity index (χ2v) is 8.83. The molecule has 1 heterocycles. The third-order valence-electron chi connectivity index (χ3n) is 4.64. The van der Waals surface area contributed by atoms with E-state index in [1.54, 1.807) is 42.5 Å². The fourth-order valence-electron chi connectivity index (χ4n) is 3.09. The molecule has 150 valence electrons. The Kier molecular flexibility index (Phi) is 5.12. The summed E-state index contributed by atoms with van der Waals surface area (Å²) in [5, 5.41) is 11.1. The highest BCUT2D eigenvalue weighted by Crippen LogP contribution is 2.41. The number of phenolic OH excluding ortho intramolecular Hbond substituents is 1. The Balaban J connectivity index is 1.79. The lowest BCUT2D eigenvalue weighted by molar-refractivity contribution is 0.174. The van der Waals surface area contributed by atoms with Crippen LogP contribution in [0, 0.1) is 6.92 Å². The van der Waals surface area contributed by atoms with E-state index in [0.717, 1.165) is 5.56 Å². The molecule has 3 aromatic carbocycles. The molecular weight excluding hydrogens is 414 g/mol. The van der Waals surface area contributed by atoms with Gasteiger partial charge < -0.3 is 14.6 Å². The van der Waals surface area contributed by atoms with Crippen molar-refractivity contribution in [1.82, 2.24) is 4.72 Å². The first-order valence-corrected chi connectivity index (χ1v) is 10.7. The molecule has 6 nitrogen and oxygen atoms in total. The maximum absolute atomic E-state index is 13.0. The summed E-state index contributed by atoms with van der Waals surface area (Å²) in [5.41, 5.74) is 1.90. The minimum absolute atomic E-state index is 0.0406. The number of nitrogens with one attached hydrogen (secondary N) is 1. The number of hydrogen-bond acceptors (Lipinski definition) is 5. The van der Waals surface area contributed by atoms with Crippen LogP contribution in [0.3, 0.4) is 0 Å². The molecule has 0 spiro atoms. The van der Waals surface area contributed by atoms with Crippen molar-refractivity contribution >= 4 is 21.6 Å². The summed E-state index contributed by atoms with van der Waals surface area (Å²) < 4.78 is 39.4. The fraction of sp³-hybridized carbons (Fsp3) is 0.143. The smallest absolute Gasteiger partial charge is 0.241 e. The average Bonchev–Trinajstić information content (AvgIpc) is 3.14. The van der Waals surface area contributed by atoms with Crippen molar-refractivity contribution in [3.05, 3.63) is 82.4 Å². The number of aromatic hydroxyl groups is 1. The average molecular weight is 432 g/mol. The molecule has 2 N–H and O–H groups in total. The van der Waals surface area contributed by atoms with Crippen molar-refractivity contribution in [3.8, 4) is 17.2 Å². The van der Waals surface area contributed by atoms with Gasteiger partial charge in [0.05, 0.1) is 10.9 Å². The van der Waals surface area contributed by atoms with Crippen LogP contribution in [0.2, 0.25) is 5.02 Å². The molecule has 0 fully saturated rings. The quantitative estimate of drug-likeness (QED) is 0.633. The van der Waals surface area contributed by atoms with E-state index in [1.807, 2.05) is 6.92 Å². The predicted molar refractivity (Wildman–Crippen MR) is 109 cm³/mol. The molecule has 29 heavy (non-hydrogen) atoms. The zero-order chi connectivity index (χ0) is 20.6. The molecule has 3 aromatic rings. The largest absolute Gasteiger partial charge is 0.507 e. The van der Waals surface area contributed by atoms with E-state index in [-0.39, 0.29) is 17.4 Å². The Morgan fingerprint density at radius 1 is 1.00 bits per heavy atom. The number of halogens is 1. The number of phenols is 1. The van der Waals surface area contributed by atoms with Gasteiger partial charge in [-0.15, -0.1) is 0 Å². The number of fused-ring (bicyclic) bond motifs is 1. The lowest BCUT2D eigenvalue weighted by atomic mass is 9.98. The van der Waals surface area contributed by atoms with Gasteiger partial charge in [0, 0.05) is 16.7 Å². The van der Waals surface area contributed by atoms with Crippen molar-refractivity contribution in [2.24, 2.45) is 0 Å². The van der Waals surface area contributed by atoms with Crippen LogP contribution in [0.1, 0.15) is 22.7 Å². The first-order valence-electron chi connectivity index (χ1n) is 8.80. The number of ether oxygens (including phenoxy) is 2. The molecule has 8 heteroatoms. The first-order chi connectivity index (χ1) is 13.8. The van der Waals surface area contributed by atoms with Crippen LogP contribution in [0.4, 0.5) is 0 Å². The van der Waals surface area contributed by atoms with Gasteiger partial charge in [0.25, 0.3) is 0 Å². The van der Waals surface area contributed by atoms with Gasteiger partial charge in [-0.1, -0.05) is 41.4 Å². The third-order valence-corrected chi connectivity index (χ3v) is 6.33. The minimum atomic E-state index is -3.88. The highest BCUT2D eigenvalue weighted by molar-refractivity contribution is 7.89. The van der Waals surface area contributed by atoms with Crippen LogP contribution in [-0.4, -0.2) is 20.3 Å². The fourth-order valence-corrected chi connectivity index (χ4v) is 4.41. The summed E-state index contributed by atoms with van der Waals surface area (Å²) in [7, 11) is -3.88. The maximum atomic E-state index is 13.0. The van der Waals surface area contributed by atoms with Gasteiger partial charge in [-0.25, -0.2) is 8.42 Å². The molecule has 1 aliphatic rings. The predicted octanol–water partition coefficient (Wildman–Crippen LogP) is 4.15. The summed E-state index contributed by atoms with van der Waals surface area (Å²) in [6.45, 7) is 1.92. The second kappa shape index (κ2) is 7.59. The van der Waals surface area contributed by atoms with Crippen LogP contribution in [0.15, 0.2) is 65.6 Å². The SMILES string of the molecule is Cc1ccc(S(=O)(=O)NC(c2ccc(Cl)cc2)c2cc3c(cc2O)OCO3)cc1. The van der Waals surface area contributed by atoms with E-state index in [0.29, 0.717) is 27.6 Å². The highest BCUT2D eigenvalue weighted by Gasteiger charge is 2.28. The summed E-state index contributed by atoms with van der Waals surface area (Å²) in [6, 6.07) is 15.4. The first kappa shape index (κ1) is 19.6. The molecule has 0 radical (unpaired) electrons. The topological polar surface area (TPSA) is 84.9 Å². The van der Waals surface area contributed by atoms with Gasteiger partial charge in [0.15, 0.2) is 11.5 Å². The Morgan fingerprint density at radius 2 is 1.62 bits per heavy atom. The molecule has 0 aliphatic carbocycles. The highest BCUT2D eigenvalue weighted by atomic mass is 35.5. The monoisotopic (exact) mass is 431 g/mol. The Bertz CT molecular complexity index is 1140. The van der Waals surface area contributed by atoms with Crippen LogP contribution in [0.25, 0.3) is 0 Å². The second-order valence-electron chi connectivity index (χ2n) is 6.68. The summed E-state index contributed by atoms with van der Waals surface area (Å²) in [4.78, 5) is 0.127. The number of aryl methyl sites for hydroxylation is 1. The molecule has 0 aromatic heterocycles. The third kappa shape index (κ3) is 4.03. The van der Waals surface area contributed by atoms with E-state index in [1.165, 1.54) is 18.2 Å². The van der Waals surface area contributed by atoms with Crippen LogP contribution < -0.4 is 14.2 Å². The lowest BCUT2D eigenvalue weighted by Crippen LogP contribution is -2.29. The van der Waals surface area contributed by atoms with Gasteiger partial charge in [-0.05, 0) is 42.8 Å². The normalized spacial score (nSPS) is 14.0. The molecule has 1 unspecified atom stereocenters. The summed E-state index contributed by atoms with van der Waals surface area (Å²) in [6.07, 6.45) is 0. The molecule has 1 aliphatic heterocycles. The van der Waals surface area contributed by atoms with Crippen LogP contribution in [0.5, 0.6) is 17.2 Å². The van der Waals surface area contributed by atoms with Gasteiger partial charge in [-0.3, -0.25) is 0 Å². The van der Waals surface area contributed by atoms with Gasteiger partial charge in [-0.2, -0.15) is 4.72 Å². The standard InChI is InChI=1S/C21H18ClNO5S/c1-13-2-8-16(9-3-13)29(25,26)23-21(14-4-6-15(22)7-5-14)17-10-19-20(11-18(17)24)28-12-27-19/h2-11,21,23-24H,12H2,1H3. The number of hydrogen-bond donors (Lipinski definition) is 2. The Morgan fingerprint density at radius 3 is 2.28 bits per heavy atom. The molecule has 0 bridgehead atoms. The van der Waals surface area contributed by atoms with E-state index >= 15 is 0 Å². The van der Waals surface area contributed by atoms with E-state index in [9.17, 15) is 13.5 Å². The van der Waals surface area contributed by atoms with Crippen LogP contribution in [-0.2, 0) is 10.0 Å². The molecule has 1 atom stereocenters. The van der Waals surface area contributed by atoms with E-state index in [2.05, 4.69) is 4.72 Å². The van der Waals surface area contributed by atoms with Crippen molar-refractivity contribution in [2.75, 3.05) is 6.79 Å². The van der Waals surface area contributed by atoms with Crippen LogP contribution >= 0.6 is 11.6 Å². The van der Waals surface area contributed by atoms with Crippen molar-refractivity contribution < 1.29 is 23.0 Å². The van der Waals surface area contributed by atoms with Gasteiger partial charge in [0.1, 0.15) is 5.75 Å². The molecule has 0 saturated carbocycles. The van der Waals surface area contributed by atoms with E-state index in [4.69, 9.17) is 21.1 Å².